The van der Waals surface area contributed by atoms with Crippen molar-refractivity contribution >= 4 is 51.2 Å². The van der Waals surface area contributed by atoms with Crippen molar-refractivity contribution in [3.63, 3.8) is 0 Å². The molecule has 3 atom stereocenters. The van der Waals surface area contributed by atoms with Gasteiger partial charge in [-0.1, -0.05) is 37.3 Å². The predicted molar refractivity (Wildman–Crippen MR) is 196 cm³/mol. The second-order valence-corrected chi connectivity index (χ2v) is 18.1. The van der Waals surface area contributed by atoms with Crippen LogP contribution in [0, 0.1) is 5.92 Å². The standard InChI is InChI=1S/C35H47F3N8O8S2/c1-33(2,52)27-18-40-44-46(27)23-17-26(31(50)43-34(28(47)29(39)48)12-14-55-15-13-34)45(19-23)32(51)25(16-21-6-4-3-5-7-21)42-30(49)22-8-10-24(11-9-22)56(53,54)41-20-35(36,37)38/h8-11,18,21,23,25-26,41,52H,3-7,12-17,19-20H2,1-2H3,(H2,39,48)(H,42,49)(H,43,50)/t23-,25+,26-/m0/s1. The number of carbonyl (C=O) groups is 5. The van der Waals surface area contributed by atoms with Gasteiger partial charge in [0.15, 0.2) is 0 Å². The number of sulfonamides is 1. The summed E-state index contributed by atoms with van der Waals surface area (Å²) in [5, 5.41) is 24.5. The molecular formula is C35H47F3N8O8S2. The van der Waals surface area contributed by atoms with Crippen molar-refractivity contribution in [1.29, 1.82) is 0 Å². The largest absolute Gasteiger partial charge is 0.402 e. The molecule has 21 heteroatoms. The van der Waals surface area contributed by atoms with Crippen molar-refractivity contribution in [2.75, 3.05) is 24.6 Å². The summed E-state index contributed by atoms with van der Waals surface area (Å²) in [6.45, 7) is 1.17. The Hall–Kier alpha value is -4.08. The molecule has 1 aromatic heterocycles. The highest BCUT2D eigenvalue weighted by Crippen LogP contribution is 2.35. The van der Waals surface area contributed by atoms with E-state index in [1.165, 1.54) is 34.3 Å². The van der Waals surface area contributed by atoms with Crippen LogP contribution in [0.2, 0.25) is 0 Å². The van der Waals surface area contributed by atoms with Gasteiger partial charge in [-0.2, -0.15) is 24.9 Å². The Bertz CT molecular complexity index is 1890. The average Bonchev–Trinajstić information content (AvgIpc) is 3.83. The Kier molecular flexibility index (Phi) is 13.2. The lowest BCUT2D eigenvalue weighted by molar-refractivity contribution is -0.145. The Labute approximate surface area is 326 Å². The van der Waals surface area contributed by atoms with Gasteiger partial charge in [0.2, 0.25) is 27.6 Å². The van der Waals surface area contributed by atoms with Crippen molar-refractivity contribution < 1.29 is 50.7 Å². The molecule has 0 spiro atoms. The molecule has 1 aliphatic carbocycles. The molecule has 16 nitrogen and oxygen atoms in total. The van der Waals surface area contributed by atoms with Crippen LogP contribution in [0.25, 0.3) is 0 Å². The molecule has 2 saturated heterocycles. The van der Waals surface area contributed by atoms with E-state index < -0.39 is 86.3 Å². The van der Waals surface area contributed by atoms with E-state index in [9.17, 15) is 50.7 Å². The normalized spacial score (nSPS) is 21.3. The number of likely N-dealkylation sites (tertiary alicyclic amines) is 1. The number of aromatic nitrogens is 3. The number of hydrogen-bond donors (Lipinski definition) is 5. The van der Waals surface area contributed by atoms with E-state index in [2.05, 4.69) is 20.9 Å². The first-order valence-electron chi connectivity index (χ1n) is 18.4. The molecular weight excluding hydrogens is 782 g/mol. The lowest BCUT2D eigenvalue weighted by atomic mass is 9.84. The molecule has 308 valence electrons. The highest BCUT2D eigenvalue weighted by molar-refractivity contribution is 7.99. The van der Waals surface area contributed by atoms with Crippen LogP contribution in [0.15, 0.2) is 35.4 Å². The summed E-state index contributed by atoms with van der Waals surface area (Å²) < 4.78 is 65.7. The number of alkyl halides is 3. The van der Waals surface area contributed by atoms with Gasteiger partial charge in [0.1, 0.15) is 29.8 Å². The van der Waals surface area contributed by atoms with Gasteiger partial charge in [-0.3, -0.25) is 24.0 Å². The fraction of sp³-hybridized carbons (Fsp3) is 0.629. The van der Waals surface area contributed by atoms with Crippen molar-refractivity contribution in [3.8, 4) is 0 Å². The Morgan fingerprint density at radius 1 is 1.05 bits per heavy atom. The third kappa shape index (κ3) is 10.3. The lowest BCUT2D eigenvalue weighted by Gasteiger charge is -2.37. The highest BCUT2D eigenvalue weighted by Gasteiger charge is 2.49. The molecule has 2 aliphatic heterocycles. The summed E-state index contributed by atoms with van der Waals surface area (Å²) in [6.07, 6.45) is 1.44. The van der Waals surface area contributed by atoms with E-state index in [0.29, 0.717) is 17.2 Å². The van der Waals surface area contributed by atoms with Crippen molar-refractivity contribution in [3.05, 3.63) is 41.7 Å². The molecule has 1 saturated carbocycles. The first-order valence-corrected chi connectivity index (χ1v) is 21.0. The minimum Gasteiger partial charge on any atom is -0.384 e. The zero-order valence-corrected chi connectivity index (χ0v) is 32.6. The number of nitrogens with one attached hydrogen (secondary N) is 3. The van der Waals surface area contributed by atoms with Crippen LogP contribution < -0.4 is 21.1 Å². The highest BCUT2D eigenvalue weighted by atomic mass is 32.2. The van der Waals surface area contributed by atoms with E-state index in [1.807, 2.05) is 0 Å². The third-order valence-electron chi connectivity index (χ3n) is 10.6. The Morgan fingerprint density at radius 2 is 1.70 bits per heavy atom. The van der Waals surface area contributed by atoms with Crippen molar-refractivity contribution in [1.82, 2.24) is 35.2 Å². The molecule has 1 aromatic carbocycles. The number of halogens is 3. The number of benzene rings is 1. The predicted octanol–water partition coefficient (Wildman–Crippen LogP) is 1.69. The second kappa shape index (κ2) is 17.2. The van der Waals surface area contributed by atoms with Crippen LogP contribution in [0.5, 0.6) is 0 Å². The van der Waals surface area contributed by atoms with E-state index in [1.54, 1.807) is 11.8 Å². The smallest absolute Gasteiger partial charge is 0.384 e. The number of amides is 4. The molecule has 4 amide bonds. The number of thioether (sulfide) groups is 1. The number of ketones is 1. The van der Waals surface area contributed by atoms with Gasteiger partial charge in [-0.15, -0.1) is 5.10 Å². The maximum atomic E-state index is 14.8. The zero-order chi connectivity index (χ0) is 41.1. The van der Waals surface area contributed by atoms with Crippen LogP contribution in [-0.2, 0) is 34.8 Å². The first-order chi connectivity index (χ1) is 26.2. The number of nitrogens with two attached hydrogens (primary N) is 1. The van der Waals surface area contributed by atoms with Crippen LogP contribution in [-0.4, -0.2) is 111 Å². The van der Waals surface area contributed by atoms with E-state index in [0.717, 1.165) is 56.4 Å². The molecule has 3 heterocycles. The van der Waals surface area contributed by atoms with Crippen LogP contribution in [0.3, 0.4) is 0 Å². The monoisotopic (exact) mass is 828 g/mol. The van der Waals surface area contributed by atoms with Gasteiger partial charge in [-0.05, 0) is 74.8 Å². The van der Waals surface area contributed by atoms with Crippen molar-refractivity contribution in [2.45, 2.75) is 112 Å². The molecule has 0 bridgehead atoms. The maximum Gasteiger partial charge on any atom is 0.402 e. The molecule has 0 unspecified atom stereocenters. The van der Waals surface area contributed by atoms with Crippen LogP contribution >= 0.6 is 11.8 Å². The van der Waals surface area contributed by atoms with Crippen LogP contribution in [0.4, 0.5) is 13.2 Å². The fourth-order valence-electron chi connectivity index (χ4n) is 7.58. The number of primary amides is 1. The van der Waals surface area contributed by atoms with Gasteiger partial charge >= 0.3 is 6.18 Å². The summed E-state index contributed by atoms with van der Waals surface area (Å²) in [5.74, 6) is -3.29. The molecule has 6 N–H and O–H groups in total. The molecule has 3 aliphatic rings. The van der Waals surface area contributed by atoms with E-state index in [4.69, 9.17) is 5.73 Å². The number of carbonyl (C=O) groups excluding carboxylic acids is 5. The number of rotatable bonds is 14. The number of Topliss-reactive ketones (excluding diaryl/α,β-unsaturated/α-hetero) is 1. The van der Waals surface area contributed by atoms with Gasteiger partial charge in [0.05, 0.1) is 22.8 Å². The minimum atomic E-state index is -4.79. The SMILES string of the molecule is CC(C)(O)c1cnnn1[C@H]1C[C@@H](C(=O)NC2(C(=O)C(N)=O)CCSCC2)N(C(=O)[C@@H](CC2CCCCC2)NC(=O)c2ccc(S(=O)(=O)NCC(F)(F)F)cc2)C1. The van der Waals surface area contributed by atoms with Crippen molar-refractivity contribution in [2.24, 2.45) is 11.7 Å². The minimum absolute atomic E-state index is 0.0258. The summed E-state index contributed by atoms with van der Waals surface area (Å²) in [5.41, 5.74) is 2.67. The summed E-state index contributed by atoms with van der Waals surface area (Å²) >= 11 is 1.55. The number of aliphatic hydroxyl groups is 1. The molecule has 56 heavy (non-hydrogen) atoms. The quantitative estimate of drug-likeness (QED) is 0.172. The Morgan fingerprint density at radius 3 is 2.29 bits per heavy atom. The number of nitrogens with zero attached hydrogens (tertiary/aromatic N) is 4. The second-order valence-electron chi connectivity index (χ2n) is 15.1. The topological polar surface area (TPSA) is 236 Å². The zero-order valence-electron chi connectivity index (χ0n) is 31.0. The molecule has 0 radical (unpaired) electrons. The van der Waals surface area contributed by atoms with Gasteiger partial charge in [0, 0.05) is 18.5 Å². The molecule has 2 aromatic rings. The first kappa shape index (κ1) is 43.1. The Balaban J connectivity index is 1.45. The lowest BCUT2D eigenvalue weighted by Crippen LogP contribution is -2.63. The summed E-state index contributed by atoms with van der Waals surface area (Å²) in [6, 6.07) is 1.08. The fourth-order valence-corrected chi connectivity index (χ4v) is 9.79. The average molecular weight is 829 g/mol. The van der Waals surface area contributed by atoms with Gasteiger partial charge in [-0.25, -0.2) is 17.8 Å². The van der Waals surface area contributed by atoms with E-state index >= 15 is 0 Å². The summed E-state index contributed by atoms with van der Waals surface area (Å²) in [4.78, 5) is 68.9. The van der Waals surface area contributed by atoms with Gasteiger partial charge in [0.25, 0.3) is 11.8 Å². The van der Waals surface area contributed by atoms with E-state index in [-0.39, 0.29) is 43.7 Å². The molecule has 3 fully saturated rings. The summed E-state index contributed by atoms with van der Waals surface area (Å²) in [7, 11) is -4.55. The van der Waals surface area contributed by atoms with Crippen LogP contribution in [0.1, 0.15) is 93.7 Å². The third-order valence-corrected chi connectivity index (χ3v) is 13.0. The maximum absolute atomic E-state index is 14.8. The number of hydrogen-bond acceptors (Lipinski definition) is 11. The van der Waals surface area contributed by atoms with Gasteiger partial charge < -0.3 is 26.4 Å². The molecule has 5 rings (SSSR count).